The summed E-state index contributed by atoms with van der Waals surface area (Å²) < 4.78 is 62.1. The van der Waals surface area contributed by atoms with Crippen molar-refractivity contribution in [3.8, 4) is 5.75 Å². The Morgan fingerprint density at radius 3 is 2.30 bits per heavy atom. The third kappa shape index (κ3) is 6.83. The molecule has 13 heteroatoms. The van der Waals surface area contributed by atoms with Gasteiger partial charge in [0.2, 0.25) is 5.91 Å². The number of nitrogens with zero attached hydrogens (tertiary/aromatic N) is 4. The van der Waals surface area contributed by atoms with E-state index in [-0.39, 0.29) is 25.4 Å². The second-order valence-corrected chi connectivity index (χ2v) is 11.7. The number of hydrogen-bond donors (Lipinski definition) is 0. The zero-order chi connectivity index (χ0) is 30.9. The van der Waals surface area contributed by atoms with Crippen LogP contribution in [-0.2, 0) is 4.79 Å². The summed E-state index contributed by atoms with van der Waals surface area (Å²) in [7, 11) is 1.49. The van der Waals surface area contributed by atoms with E-state index in [1.54, 1.807) is 42.5 Å². The summed E-state index contributed by atoms with van der Waals surface area (Å²) in [6.07, 6.45) is -3.99. The summed E-state index contributed by atoms with van der Waals surface area (Å²) in [5.74, 6) is -4.80. The predicted molar refractivity (Wildman–Crippen MR) is 154 cm³/mol. The van der Waals surface area contributed by atoms with E-state index in [4.69, 9.17) is 27.9 Å². The Morgan fingerprint density at radius 1 is 0.977 bits per heavy atom. The van der Waals surface area contributed by atoms with Gasteiger partial charge in [0.05, 0.1) is 23.3 Å². The topological polar surface area (TPSA) is 66.0 Å². The second-order valence-electron chi connectivity index (χ2n) is 10.7. The summed E-state index contributed by atoms with van der Waals surface area (Å²) in [5, 5.41) is -0.669. The van der Waals surface area contributed by atoms with Crippen molar-refractivity contribution in [2.45, 2.75) is 23.5 Å². The van der Waals surface area contributed by atoms with Gasteiger partial charge in [-0.3, -0.25) is 4.79 Å². The normalized spacial score (nSPS) is 24.1. The number of rotatable bonds is 5. The Hall–Kier alpha value is -3.57. The van der Waals surface area contributed by atoms with Crippen LogP contribution in [0, 0.1) is 17.7 Å². The highest BCUT2D eigenvalue weighted by molar-refractivity contribution is 6.30. The maximum Gasteiger partial charge on any atom is 0.415 e. The van der Waals surface area contributed by atoms with Gasteiger partial charge >= 0.3 is 12.3 Å². The highest BCUT2D eigenvalue weighted by Crippen LogP contribution is 2.42. The highest BCUT2D eigenvalue weighted by atomic mass is 35.5. The van der Waals surface area contributed by atoms with Gasteiger partial charge in [0, 0.05) is 50.4 Å². The summed E-state index contributed by atoms with van der Waals surface area (Å²) in [5.41, 5.74) is 0.742. The molecule has 2 saturated heterocycles. The van der Waals surface area contributed by atoms with Crippen molar-refractivity contribution in [1.82, 2.24) is 14.8 Å². The molecule has 0 saturated carbocycles. The molecule has 2 fully saturated rings. The molecule has 2 aliphatic rings. The number of pyridine rings is 1. The molecular weight excluding hydrogens is 611 g/mol. The fraction of sp³-hybridized carbons (Fsp3) is 0.367. The Kier molecular flexibility index (Phi) is 9.03. The lowest BCUT2D eigenvalue weighted by atomic mass is 9.83. The molecule has 2 aliphatic heterocycles. The van der Waals surface area contributed by atoms with Gasteiger partial charge in [0.1, 0.15) is 17.4 Å². The fourth-order valence-corrected chi connectivity index (χ4v) is 6.36. The summed E-state index contributed by atoms with van der Waals surface area (Å²) in [6, 6.07) is 16.0. The van der Waals surface area contributed by atoms with Gasteiger partial charge in [0.25, 0.3) is 0 Å². The van der Waals surface area contributed by atoms with Crippen LogP contribution in [-0.4, -0.2) is 77.6 Å². The van der Waals surface area contributed by atoms with Crippen LogP contribution >= 0.6 is 23.2 Å². The number of carbonyl (C=O) groups excluding carboxylic acids is 2. The number of amides is 2. The molecule has 3 aromatic rings. The predicted octanol–water partition coefficient (Wildman–Crippen LogP) is 6.22. The average Bonchev–Trinajstić information content (AvgIpc) is 3.43. The molecule has 3 heterocycles. The van der Waals surface area contributed by atoms with E-state index < -0.39 is 59.7 Å². The number of halogens is 6. The number of carbonyl (C=O) groups is 2. The molecule has 0 spiro atoms. The lowest BCUT2D eigenvalue weighted by Crippen LogP contribution is -2.57. The second kappa shape index (κ2) is 12.6. The Balaban J connectivity index is 1.40. The third-order valence-electron chi connectivity index (χ3n) is 8.02. The Labute approximate surface area is 255 Å². The first-order valence-electron chi connectivity index (χ1n) is 13.5. The van der Waals surface area contributed by atoms with Gasteiger partial charge in [-0.1, -0.05) is 29.8 Å². The van der Waals surface area contributed by atoms with Gasteiger partial charge in [-0.15, -0.1) is 11.6 Å². The first-order valence-corrected chi connectivity index (χ1v) is 14.3. The van der Waals surface area contributed by atoms with Crippen LogP contribution < -0.4 is 9.64 Å². The Bertz CT molecular complexity index is 1430. The lowest BCUT2D eigenvalue weighted by Gasteiger charge is -2.43. The molecule has 0 bridgehead atoms. The van der Waals surface area contributed by atoms with E-state index in [2.05, 4.69) is 4.98 Å². The molecule has 5 rings (SSSR count). The van der Waals surface area contributed by atoms with Crippen molar-refractivity contribution in [1.29, 1.82) is 0 Å². The van der Waals surface area contributed by atoms with Crippen LogP contribution in [0.5, 0.6) is 5.75 Å². The van der Waals surface area contributed by atoms with Gasteiger partial charge in [0.15, 0.2) is 0 Å². The van der Waals surface area contributed by atoms with Crippen LogP contribution in [0.2, 0.25) is 5.02 Å². The molecular formula is C30H28Cl2F4N4O3. The average molecular weight is 639 g/mol. The highest BCUT2D eigenvalue weighted by Gasteiger charge is 2.55. The number of benzene rings is 2. The number of hydrogen-bond acceptors (Lipinski definition) is 5. The van der Waals surface area contributed by atoms with Gasteiger partial charge in [-0.25, -0.2) is 14.2 Å². The number of likely N-dealkylation sites (N-methyl/N-ethyl adjacent to an activating group) is 1. The van der Waals surface area contributed by atoms with E-state index in [1.807, 2.05) is 0 Å². The van der Waals surface area contributed by atoms with Crippen molar-refractivity contribution in [3.05, 3.63) is 89.3 Å². The van der Waals surface area contributed by atoms with E-state index in [0.717, 1.165) is 17.7 Å². The van der Waals surface area contributed by atoms with E-state index in [0.29, 0.717) is 10.8 Å². The van der Waals surface area contributed by atoms with Crippen molar-refractivity contribution in [2.24, 2.45) is 11.8 Å². The molecule has 0 radical (unpaired) electrons. The number of aromatic nitrogens is 1. The largest absolute Gasteiger partial charge is 0.415 e. The van der Waals surface area contributed by atoms with Crippen molar-refractivity contribution in [2.75, 3.05) is 38.1 Å². The molecule has 0 N–H and O–H groups in total. The molecule has 1 aromatic heterocycles. The maximum atomic E-state index is 14.4. The van der Waals surface area contributed by atoms with Crippen LogP contribution in [0.25, 0.3) is 0 Å². The molecule has 2 aromatic carbocycles. The molecule has 5 atom stereocenters. The van der Waals surface area contributed by atoms with Crippen LogP contribution in [0.3, 0.4) is 0 Å². The number of anilines is 1. The number of alkyl halides is 4. The standard InChI is InChI=1S/C30H28Cl2F4N4O3/c1-38(29(42)43-21-11-9-20(33)10-12-21)25-17-40(14-22(25)18-5-7-19(31)8-6-18)28(41)27-23(30(34,35)36)15-39(16-24(27)32)26-4-2-3-13-37-26/h2-13,22-25,27H,14-17H2,1H3/t22-,23?,24?,25+,27?/m0/s1. The summed E-state index contributed by atoms with van der Waals surface area (Å²) in [6.45, 7) is -0.463. The Morgan fingerprint density at radius 2 is 1.67 bits per heavy atom. The minimum atomic E-state index is -4.70. The van der Waals surface area contributed by atoms with E-state index in [1.165, 1.54) is 40.1 Å². The molecule has 0 aliphatic carbocycles. The minimum absolute atomic E-state index is 0.00331. The number of ether oxygens (including phenoxy) is 1. The van der Waals surface area contributed by atoms with Gasteiger partial charge in [-0.2, -0.15) is 13.2 Å². The van der Waals surface area contributed by atoms with Crippen LogP contribution in [0.4, 0.5) is 28.2 Å². The monoisotopic (exact) mass is 638 g/mol. The number of piperidine rings is 1. The first kappa shape index (κ1) is 30.9. The van der Waals surface area contributed by atoms with Gasteiger partial charge in [-0.05, 0) is 54.1 Å². The molecule has 7 nitrogen and oxygen atoms in total. The number of likely N-dealkylation sites (tertiary alicyclic amines) is 1. The van der Waals surface area contributed by atoms with Crippen molar-refractivity contribution in [3.63, 3.8) is 0 Å². The van der Waals surface area contributed by atoms with Crippen LogP contribution in [0.15, 0.2) is 72.9 Å². The fourth-order valence-electron chi connectivity index (χ4n) is 5.78. The summed E-state index contributed by atoms with van der Waals surface area (Å²) >= 11 is 12.7. The zero-order valence-electron chi connectivity index (χ0n) is 22.9. The van der Waals surface area contributed by atoms with Crippen LogP contribution in [0.1, 0.15) is 11.5 Å². The van der Waals surface area contributed by atoms with E-state index >= 15 is 0 Å². The summed E-state index contributed by atoms with van der Waals surface area (Å²) in [4.78, 5) is 35.3. The zero-order valence-corrected chi connectivity index (χ0v) is 24.4. The lowest BCUT2D eigenvalue weighted by molar-refractivity contribution is -0.194. The van der Waals surface area contributed by atoms with Crippen molar-refractivity contribution >= 4 is 41.0 Å². The van der Waals surface area contributed by atoms with E-state index in [9.17, 15) is 27.2 Å². The molecule has 3 unspecified atom stereocenters. The molecule has 228 valence electrons. The first-order chi connectivity index (χ1) is 20.4. The van der Waals surface area contributed by atoms with Crippen molar-refractivity contribution < 1.29 is 31.9 Å². The third-order valence-corrected chi connectivity index (χ3v) is 8.68. The maximum absolute atomic E-state index is 14.4. The SMILES string of the molecule is CN(C(=O)Oc1ccc(F)cc1)[C@@H]1CN(C(=O)C2C(Cl)CN(c3ccccn3)CC2C(F)(F)F)C[C@H]1c1ccc(Cl)cc1. The smallest absolute Gasteiger partial charge is 0.410 e. The quantitative estimate of drug-likeness (QED) is 0.245. The molecule has 2 amide bonds. The van der Waals surface area contributed by atoms with Gasteiger partial charge < -0.3 is 19.4 Å². The molecule has 43 heavy (non-hydrogen) atoms. The minimum Gasteiger partial charge on any atom is -0.410 e.